The van der Waals surface area contributed by atoms with Gasteiger partial charge in [0.05, 0.1) is 11.2 Å². The van der Waals surface area contributed by atoms with Crippen LogP contribution < -0.4 is 5.32 Å². The highest BCUT2D eigenvalue weighted by atomic mass is 32.2. The Bertz CT molecular complexity index is 192. The molecular weight excluding hydrogens is 194 g/mol. The molecule has 3 heteroatoms. The fraction of sp³-hybridized carbons (Fsp3) is 1.00. The molecule has 0 aliphatic carbocycles. The second kappa shape index (κ2) is 4.42. The first-order chi connectivity index (χ1) is 6.37. The lowest BCUT2D eigenvalue weighted by atomic mass is 9.94. The summed E-state index contributed by atoms with van der Waals surface area (Å²) < 4.78 is 6.01. The van der Waals surface area contributed by atoms with Crippen LogP contribution in [0.5, 0.6) is 0 Å². The molecule has 1 aliphatic rings. The Labute approximate surface area is 92.2 Å². The van der Waals surface area contributed by atoms with E-state index in [1.807, 2.05) is 11.8 Å². The lowest BCUT2D eigenvalue weighted by molar-refractivity contribution is -0.0696. The summed E-state index contributed by atoms with van der Waals surface area (Å²) in [6, 6.07) is 0.490. The van der Waals surface area contributed by atoms with Gasteiger partial charge in [-0.15, -0.1) is 0 Å². The Balaban J connectivity index is 2.44. The molecule has 0 aromatic rings. The summed E-state index contributed by atoms with van der Waals surface area (Å²) in [5.41, 5.74) is 0.00241. The minimum atomic E-state index is -0.0259. The van der Waals surface area contributed by atoms with E-state index in [-0.39, 0.29) is 11.2 Å². The maximum Gasteiger partial charge on any atom is 0.0787 e. The smallest absolute Gasteiger partial charge is 0.0787 e. The van der Waals surface area contributed by atoms with Crippen molar-refractivity contribution in [2.75, 3.05) is 18.6 Å². The average Bonchev–Trinajstić information content (AvgIpc) is 2.20. The van der Waals surface area contributed by atoms with Gasteiger partial charge in [0.1, 0.15) is 0 Å². The van der Waals surface area contributed by atoms with Crippen LogP contribution in [0.1, 0.15) is 34.1 Å². The SMILES string of the molecule is CSCCNC1CC(C)(C)OC1(C)C. The molecule has 0 saturated carbocycles. The van der Waals surface area contributed by atoms with Crippen LogP contribution in [0.2, 0.25) is 0 Å². The van der Waals surface area contributed by atoms with Gasteiger partial charge in [0.2, 0.25) is 0 Å². The van der Waals surface area contributed by atoms with Crippen LogP contribution in [0.25, 0.3) is 0 Å². The summed E-state index contributed by atoms with van der Waals surface area (Å²) in [7, 11) is 0. The van der Waals surface area contributed by atoms with E-state index in [0.29, 0.717) is 6.04 Å². The zero-order chi connectivity index (χ0) is 10.8. The highest BCUT2D eigenvalue weighted by Gasteiger charge is 2.45. The summed E-state index contributed by atoms with van der Waals surface area (Å²) in [5.74, 6) is 1.17. The molecule has 14 heavy (non-hydrogen) atoms. The monoisotopic (exact) mass is 217 g/mol. The Morgan fingerprint density at radius 3 is 2.43 bits per heavy atom. The zero-order valence-corrected chi connectivity index (χ0v) is 10.8. The predicted molar refractivity (Wildman–Crippen MR) is 64.0 cm³/mol. The average molecular weight is 217 g/mol. The first-order valence-corrected chi connectivity index (χ1v) is 6.69. The summed E-state index contributed by atoms with van der Waals surface area (Å²) in [6.45, 7) is 9.78. The fourth-order valence-electron chi connectivity index (χ4n) is 2.22. The fourth-order valence-corrected chi connectivity index (χ4v) is 2.54. The number of thioether (sulfide) groups is 1. The van der Waals surface area contributed by atoms with Gasteiger partial charge in [-0.05, 0) is 40.4 Å². The molecule has 1 fully saturated rings. The predicted octanol–water partition coefficient (Wildman–Crippen LogP) is 2.29. The molecule has 1 atom stereocenters. The van der Waals surface area contributed by atoms with Crippen molar-refractivity contribution < 1.29 is 4.74 Å². The van der Waals surface area contributed by atoms with Crippen LogP contribution in [0, 0.1) is 0 Å². The van der Waals surface area contributed by atoms with Gasteiger partial charge >= 0.3 is 0 Å². The first-order valence-electron chi connectivity index (χ1n) is 5.30. The standard InChI is InChI=1S/C11H23NOS/c1-10(2)8-9(11(3,4)13-10)12-6-7-14-5/h9,12H,6-8H2,1-5H3. The molecule has 1 unspecified atom stereocenters. The van der Waals surface area contributed by atoms with Crippen molar-refractivity contribution in [1.82, 2.24) is 5.32 Å². The van der Waals surface area contributed by atoms with E-state index in [9.17, 15) is 0 Å². The van der Waals surface area contributed by atoms with Crippen molar-refractivity contribution in [2.24, 2.45) is 0 Å². The highest BCUT2D eigenvalue weighted by molar-refractivity contribution is 7.98. The molecular formula is C11H23NOS. The van der Waals surface area contributed by atoms with Crippen LogP contribution >= 0.6 is 11.8 Å². The van der Waals surface area contributed by atoms with Gasteiger partial charge in [0.15, 0.2) is 0 Å². The molecule has 0 aromatic carbocycles. The lowest BCUT2D eigenvalue weighted by Gasteiger charge is -2.27. The van der Waals surface area contributed by atoms with Crippen molar-refractivity contribution in [3.05, 3.63) is 0 Å². The lowest BCUT2D eigenvalue weighted by Crippen LogP contribution is -2.44. The Morgan fingerprint density at radius 2 is 2.00 bits per heavy atom. The van der Waals surface area contributed by atoms with Crippen molar-refractivity contribution in [3.8, 4) is 0 Å². The number of nitrogens with one attached hydrogen (secondary N) is 1. The normalized spacial score (nSPS) is 29.4. The number of rotatable bonds is 4. The largest absolute Gasteiger partial charge is 0.368 e. The van der Waals surface area contributed by atoms with Crippen LogP contribution in [0.4, 0.5) is 0 Å². The number of hydrogen-bond acceptors (Lipinski definition) is 3. The molecule has 84 valence electrons. The Kier molecular flexibility index (Phi) is 3.89. The second-order valence-electron chi connectivity index (χ2n) is 5.17. The van der Waals surface area contributed by atoms with Crippen LogP contribution in [0.3, 0.4) is 0 Å². The van der Waals surface area contributed by atoms with Gasteiger partial charge < -0.3 is 10.1 Å². The Hall–Kier alpha value is 0.270. The van der Waals surface area contributed by atoms with Gasteiger partial charge in [-0.2, -0.15) is 11.8 Å². The first kappa shape index (κ1) is 12.3. The van der Waals surface area contributed by atoms with Crippen LogP contribution in [-0.4, -0.2) is 35.8 Å². The molecule has 1 N–H and O–H groups in total. The third-order valence-corrected chi connectivity index (χ3v) is 3.38. The highest BCUT2D eigenvalue weighted by Crippen LogP contribution is 2.37. The van der Waals surface area contributed by atoms with Crippen molar-refractivity contribution in [1.29, 1.82) is 0 Å². The second-order valence-corrected chi connectivity index (χ2v) is 6.15. The minimum Gasteiger partial charge on any atom is -0.368 e. The Morgan fingerprint density at radius 1 is 1.36 bits per heavy atom. The molecule has 0 amide bonds. The third-order valence-electron chi connectivity index (χ3n) is 2.77. The molecule has 0 spiro atoms. The van der Waals surface area contributed by atoms with Crippen molar-refractivity contribution in [3.63, 3.8) is 0 Å². The summed E-state index contributed by atoms with van der Waals surface area (Å²) in [5, 5.41) is 3.58. The van der Waals surface area contributed by atoms with E-state index < -0.39 is 0 Å². The van der Waals surface area contributed by atoms with E-state index in [2.05, 4.69) is 39.3 Å². The topological polar surface area (TPSA) is 21.3 Å². The van der Waals surface area contributed by atoms with Gasteiger partial charge in [-0.25, -0.2) is 0 Å². The van der Waals surface area contributed by atoms with E-state index in [1.165, 1.54) is 5.75 Å². The quantitative estimate of drug-likeness (QED) is 0.730. The van der Waals surface area contributed by atoms with Crippen LogP contribution in [0.15, 0.2) is 0 Å². The number of ether oxygens (including phenoxy) is 1. The van der Waals surface area contributed by atoms with E-state index in [0.717, 1.165) is 13.0 Å². The third kappa shape index (κ3) is 3.14. The maximum atomic E-state index is 6.01. The molecule has 2 nitrogen and oxygen atoms in total. The molecule has 1 heterocycles. The maximum absolute atomic E-state index is 6.01. The van der Waals surface area contributed by atoms with Crippen molar-refractivity contribution >= 4 is 11.8 Å². The molecule has 0 bridgehead atoms. The van der Waals surface area contributed by atoms with E-state index in [1.54, 1.807) is 0 Å². The molecule has 1 aliphatic heterocycles. The molecule has 0 radical (unpaired) electrons. The molecule has 0 aromatic heterocycles. The van der Waals surface area contributed by atoms with Gasteiger partial charge in [0, 0.05) is 18.3 Å². The van der Waals surface area contributed by atoms with Gasteiger partial charge in [-0.3, -0.25) is 0 Å². The van der Waals surface area contributed by atoms with Gasteiger partial charge in [-0.1, -0.05) is 0 Å². The van der Waals surface area contributed by atoms with E-state index in [4.69, 9.17) is 4.74 Å². The van der Waals surface area contributed by atoms with Crippen LogP contribution in [-0.2, 0) is 4.74 Å². The summed E-state index contributed by atoms with van der Waals surface area (Å²) >= 11 is 1.88. The minimum absolute atomic E-state index is 0.0259. The number of hydrogen-bond donors (Lipinski definition) is 1. The van der Waals surface area contributed by atoms with Crippen molar-refractivity contribution in [2.45, 2.75) is 51.4 Å². The molecule has 1 rings (SSSR count). The molecule has 1 saturated heterocycles. The van der Waals surface area contributed by atoms with E-state index >= 15 is 0 Å². The zero-order valence-electron chi connectivity index (χ0n) is 10.0. The van der Waals surface area contributed by atoms with Gasteiger partial charge in [0.25, 0.3) is 0 Å². The summed E-state index contributed by atoms with van der Waals surface area (Å²) in [6.07, 6.45) is 3.25. The summed E-state index contributed by atoms with van der Waals surface area (Å²) in [4.78, 5) is 0.